The van der Waals surface area contributed by atoms with E-state index >= 15 is 0 Å². The van der Waals surface area contributed by atoms with Crippen LogP contribution >= 0.6 is 0 Å². The predicted octanol–water partition coefficient (Wildman–Crippen LogP) is 1.93. The molecule has 5 nitrogen and oxygen atoms in total. The number of aryl methyl sites for hydroxylation is 1. The van der Waals surface area contributed by atoms with E-state index in [1.165, 1.54) is 19.1 Å². The van der Waals surface area contributed by atoms with Gasteiger partial charge in [-0.3, -0.25) is 20.4 Å². The van der Waals surface area contributed by atoms with Crippen LogP contribution in [0.1, 0.15) is 48.2 Å². The summed E-state index contributed by atoms with van der Waals surface area (Å²) in [5.41, 5.74) is 5.29. The first kappa shape index (κ1) is 12.7. The molecule has 1 aromatic rings. The largest absolute Gasteiger partial charge is 0.469 e. The highest BCUT2D eigenvalue weighted by Gasteiger charge is 2.19. The van der Waals surface area contributed by atoms with E-state index in [4.69, 9.17) is 4.42 Å². The van der Waals surface area contributed by atoms with Crippen LogP contribution in [0.3, 0.4) is 0 Å². The Bertz CT molecular complexity index is 433. The summed E-state index contributed by atoms with van der Waals surface area (Å²) in [5, 5.41) is 0. The van der Waals surface area contributed by atoms with Crippen LogP contribution in [0.15, 0.2) is 16.7 Å². The minimum absolute atomic E-state index is 0.128. The third kappa shape index (κ3) is 3.12. The number of carbonyl (C=O) groups is 2. The molecule has 0 radical (unpaired) electrons. The third-order valence-electron chi connectivity index (χ3n) is 3.37. The molecule has 2 rings (SSSR count). The maximum atomic E-state index is 11.7. The SMILES string of the molecule is Cc1occc1C(=O)NNC(=O)CC1CCCC1. The summed E-state index contributed by atoms with van der Waals surface area (Å²) in [6.07, 6.45) is 6.58. The molecule has 2 N–H and O–H groups in total. The highest BCUT2D eigenvalue weighted by molar-refractivity contribution is 5.96. The van der Waals surface area contributed by atoms with E-state index in [0.717, 1.165) is 12.8 Å². The van der Waals surface area contributed by atoms with E-state index in [1.54, 1.807) is 13.0 Å². The molecule has 98 valence electrons. The predicted molar refractivity (Wildman–Crippen MR) is 65.6 cm³/mol. The van der Waals surface area contributed by atoms with Crippen LogP contribution in [-0.4, -0.2) is 11.8 Å². The third-order valence-corrected chi connectivity index (χ3v) is 3.37. The van der Waals surface area contributed by atoms with E-state index < -0.39 is 0 Å². The van der Waals surface area contributed by atoms with Gasteiger partial charge in [0.1, 0.15) is 5.76 Å². The summed E-state index contributed by atoms with van der Waals surface area (Å²) in [4.78, 5) is 23.3. The van der Waals surface area contributed by atoms with Crippen LogP contribution in [-0.2, 0) is 4.79 Å². The molecule has 2 amide bonds. The first-order valence-corrected chi connectivity index (χ1v) is 6.30. The average molecular weight is 250 g/mol. The Balaban J connectivity index is 1.75. The second kappa shape index (κ2) is 5.71. The fourth-order valence-electron chi connectivity index (χ4n) is 2.34. The minimum Gasteiger partial charge on any atom is -0.469 e. The molecule has 0 bridgehead atoms. The quantitative estimate of drug-likeness (QED) is 0.805. The van der Waals surface area contributed by atoms with Gasteiger partial charge in [-0.2, -0.15) is 0 Å². The Kier molecular flexibility index (Phi) is 4.02. The number of hydrazine groups is 1. The van der Waals surface area contributed by atoms with Gasteiger partial charge in [-0.25, -0.2) is 0 Å². The molecule has 1 aromatic heterocycles. The number of hydrogen-bond acceptors (Lipinski definition) is 3. The molecule has 0 saturated heterocycles. The molecule has 0 atom stereocenters. The Hall–Kier alpha value is -1.78. The number of carbonyl (C=O) groups excluding carboxylic acids is 2. The van der Waals surface area contributed by atoms with Crippen molar-refractivity contribution in [3.05, 3.63) is 23.7 Å². The van der Waals surface area contributed by atoms with Crippen LogP contribution < -0.4 is 10.9 Å². The van der Waals surface area contributed by atoms with Gasteiger partial charge in [-0.1, -0.05) is 12.8 Å². The zero-order valence-corrected chi connectivity index (χ0v) is 10.5. The van der Waals surface area contributed by atoms with Crippen LogP contribution in [0.4, 0.5) is 0 Å². The van der Waals surface area contributed by atoms with Crippen molar-refractivity contribution in [1.29, 1.82) is 0 Å². The van der Waals surface area contributed by atoms with Gasteiger partial charge in [-0.15, -0.1) is 0 Å². The number of rotatable bonds is 3. The first-order valence-electron chi connectivity index (χ1n) is 6.30. The van der Waals surface area contributed by atoms with Crippen molar-refractivity contribution in [3.63, 3.8) is 0 Å². The van der Waals surface area contributed by atoms with Gasteiger partial charge < -0.3 is 4.42 Å². The van der Waals surface area contributed by atoms with Gasteiger partial charge >= 0.3 is 0 Å². The number of hydrogen-bond donors (Lipinski definition) is 2. The Morgan fingerprint density at radius 3 is 2.67 bits per heavy atom. The lowest BCUT2D eigenvalue weighted by molar-refractivity contribution is -0.122. The van der Waals surface area contributed by atoms with Crippen LogP contribution in [0, 0.1) is 12.8 Å². The zero-order valence-electron chi connectivity index (χ0n) is 10.5. The highest BCUT2D eigenvalue weighted by atomic mass is 16.3. The summed E-state index contributed by atoms with van der Waals surface area (Å²) in [7, 11) is 0. The topological polar surface area (TPSA) is 71.3 Å². The highest BCUT2D eigenvalue weighted by Crippen LogP contribution is 2.27. The van der Waals surface area contributed by atoms with Crippen LogP contribution in [0.2, 0.25) is 0 Å². The molecule has 18 heavy (non-hydrogen) atoms. The monoisotopic (exact) mass is 250 g/mol. The lowest BCUT2D eigenvalue weighted by Crippen LogP contribution is -2.42. The van der Waals surface area contributed by atoms with Crippen molar-refractivity contribution in [2.45, 2.75) is 39.0 Å². The molecule has 0 aliphatic heterocycles. The Morgan fingerprint density at radius 2 is 2.06 bits per heavy atom. The van der Waals surface area contributed by atoms with Crippen molar-refractivity contribution in [2.75, 3.05) is 0 Å². The summed E-state index contributed by atoms with van der Waals surface area (Å²) in [5.74, 6) is 0.535. The fraction of sp³-hybridized carbons (Fsp3) is 0.538. The molecular formula is C13H18N2O3. The molecule has 1 aliphatic carbocycles. The number of nitrogens with one attached hydrogen (secondary N) is 2. The van der Waals surface area contributed by atoms with Gasteiger partial charge in [0.15, 0.2) is 0 Å². The molecule has 1 saturated carbocycles. The van der Waals surface area contributed by atoms with Crippen LogP contribution in [0.25, 0.3) is 0 Å². The standard InChI is InChI=1S/C13H18N2O3/c1-9-11(6-7-18-9)13(17)15-14-12(16)8-10-4-2-3-5-10/h6-7,10H,2-5,8H2,1H3,(H,14,16)(H,15,17). The summed E-state index contributed by atoms with van der Waals surface area (Å²) < 4.78 is 5.03. The molecule has 5 heteroatoms. The van der Waals surface area contributed by atoms with Crippen LogP contribution in [0.5, 0.6) is 0 Å². The van der Waals surface area contributed by atoms with E-state index in [2.05, 4.69) is 10.9 Å². The van der Waals surface area contributed by atoms with E-state index in [9.17, 15) is 9.59 Å². The normalized spacial score (nSPS) is 15.6. The maximum Gasteiger partial charge on any atom is 0.273 e. The van der Waals surface area contributed by atoms with E-state index in [1.807, 2.05) is 0 Å². The number of furan rings is 1. The fourth-order valence-corrected chi connectivity index (χ4v) is 2.34. The Morgan fingerprint density at radius 1 is 1.33 bits per heavy atom. The van der Waals surface area contributed by atoms with E-state index in [0.29, 0.717) is 23.7 Å². The number of amides is 2. The van der Waals surface area contributed by atoms with Gasteiger partial charge in [0, 0.05) is 6.42 Å². The van der Waals surface area contributed by atoms with Crippen molar-refractivity contribution in [3.8, 4) is 0 Å². The lowest BCUT2D eigenvalue weighted by atomic mass is 10.0. The van der Waals surface area contributed by atoms with E-state index in [-0.39, 0.29) is 11.8 Å². The first-order chi connectivity index (χ1) is 8.66. The molecule has 0 unspecified atom stereocenters. The maximum absolute atomic E-state index is 11.7. The summed E-state index contributed by atoms with van der Waals surface area (Å²) >= 11 is 0. The summed E-state index contributed by atoms with van der Waals surface area (Å²) in [6.45, 7) is 1.70. The van der Waals surface area contributed by atoms with Crippen molar-refractivity contribution >= 4 is 11.8 Å². The zero-order chi connectivity index (χ0) is 13.0. The van der Waals surface area contributed by atoms with Gasteiger partial charge in [0.05, 0.1) is 11.8 Å². The molecule has 1 aliphatic rings. The molecule has 1 fully saturated rings. The van der Waals surface area contributed by atoms with Gasteiger partial charge in [-0.05, 0) is 31.7 Å². The minimum atomic E-state index is -0.346. The van der Waals surface area contributed by atoms with Crippen molar-refractivity contribution < 1.29 is 14.0 Å². The van der Waals surface area contributed by atoms with Gasteiger partial charge in [0.2, 0.25) is 5.91 Å². The summed E-state index contributed by atoms with van der Waals surface area (Å²) in [6, 6.07) is 1.58. The van der Waals surface area contributed by atoms with Crippen molar-refractivity contribution in [2.24, 2.45) is 5.92 Å². The second-order valence-electron chi connectivity index (χ2n) is 4.75. The lowest BCUT2D eigenvalue weighted by Gasteiger charge is -2.10. The smallest absolute Gasteiger partial charge is 0.273 e. The molecule has 0 aromatic carbocycles. The Labute approximate surface area is 106 Å². The second-order valence-corrected chi connectivity index (χ2v) is 4.75. The molecule has 1 heterocycles. The van der Waals surface area contributed by atoms with Crippen molar-refractivity contribution in [1.82, 2.24) is 10.9 Å². The molecule has 0 spiro atoms. The van der Waals surface area contributed by atoms with Gasteiger partial charge in [0.25, 0.3) is 5.91 Å². The average Bonchev–Trinajstić information content (AvgIpc) is 2.97. The molecular weight excluding hydrogens is 232 g/mol.